The van der Waals surface area contributed by atoms with E-state index < -0.39 is 0 Å². The second kappa shape index (κ2) is 4.22. The van der Waals surface area contributed by atoms with Crippen molar-refractivity contribution in [1.82, 2.24) is 4.90 Å². The Labute approximate surface area is 91.8 Å². The van der Waals surface area contributed by atoms with E-state index >= 15 is 0 Å². The first-order valence-electron chi connectivity index (χ1n) is 6.02. The lowest BCUT2D eigenvalue weighted by Gasteiger charge is -2.35. The molecule has 0 aromatic rings. The van der Waals surface area contributed by atoms with Gasteiger partial charge in [-0.3, -0.25) is 9.69 Å². The second-order valence-corrected chi connectivity index (χ2v) is 5.02. The highest BCUT2D eigenvalue weighted by molar-refractivity contribution is 5.92. The van der Waals surface area contributed by atoms with E-state index in [0.717, 1.165) is 45.3 Å². The van der Waals surface area contributed by atoms with Crippen molar-refractivity contribution in [2.45, 2.75) is 50.7 Å². The number of carbonyl (C=O) groups excluding carboxylic acids is 1. The summed E-state index contributed by atoms with van der Waals surface area (Å²) in [5.74, 6) is 0.308. The molecule has 3 nitrogen and oxygen atoms in total. The first kappa shape index (κ1) is 11.1. The lowest BCUT2D eigenvalue weighted by molar-refractivity contribution is -0.142. The summed E-state index contributed by atoms with van der Waals surface area (Å²) in [6.07, 6.45) is 5.15. The molecule has 2 atom stereocenters. The van der Waals surface area contributed by atoms with Gasteiger partial charge >= 0.3 is 0 Å². The number of hydrogen-bond donors (Lipinski definition) is 0. The van der Waals surface area contributed by atoms with Crippen LogP contribution >= 0.6 is 0 Å². The summed E-state index contributed by atoms with van der Waals surface area (Å²) in [7, 11) is 2.05. The summed E-state index contributed by atoms with van der Waals surface area (Å²) in [6, 6.07) is 0. The molecule has 0 aromatic heterocycles. The zero-order valence-electron chi connectivity index (χ0n) is 9.79. The molecule has 2 aliphatic rings. The average Bonchev–Trinajstić information content (AvgIpc) is 2.61. The van der Waals surface area contributed by atoms with Gasteiger partial charge in [0.25, 0.3) is 0 Å². The highest BCUT2D eigenvalue weighted by atomic mass is 16.5. The fourth-order valence-electron chi connectivity index (χ4n) is 2.70. The third-order valence-electron chi connectivity index (χ3n) is 4.00. The third-order valence-corrected chi connectivity index (χ3v) is 4.00. The Morgan fingerprint density at radius 2 is 2.20 bits per heavy atom. The topological polar surface area (TPSA) is 29.5 Å². The molecular weight excluding hydrogens is 190 g/mol. The van der Waals surface area contributed by atoms with Gasteiger partial charge in [-0.1, -0.05) is 0 Å². The zero-order chi connectivity index (χ0) is 10.9. The van der Waals surface area contributed by atoms with Gasteiger partial charge in [0.1, 0.15) is 6.10 Å². The highest BCUT2D eigenvalue weighted by Gasteiger charge is 2.44. The maximum absolute atomic E-state index is 12.4. The van der Waals surface area contributed by atoms with Gasteiger partial charge in [0, 0.05) is 6.61 Å². The minimum atomic E-state index is -0.262. The monoisotopic (exact) mass is 211 g/mol. The quantitative estimate of drug-likeness (QED) is 0.695. The van der Waals surface area contributed by atoms with Crippen molar-refractivity contribution in [3.8, 4) is 0 Å². The molecule has 2 aliphatic heterocycles. The molecule has 2 heterocycles. The van der Waals surface area contributed by atoms with E-state index in [2.05, 4.69) is 11.8 Å². The predicted octanol–water partition coefficient (Wildman–Crippen LogP) is 1.61. The van der Waals surface area contributed by atoms with E-state index in [9.17, 15) is 4.79 Å². The zero-order valence-corrected chi connectivity index (χ0v) is 9.79. The predicted molar refractivity (Wildman–Crippen MR) is 58.9 cm³/mol. The summed E-state index contributed by atoms with van der Waals surface area (Å²) < 4.78 is 5.59. The number of rotatable bonds is 2. The van der Waals surface area contributed by atoms with E-state index in [-0.39, 0.29) is 11.6 Å². The number of nitrogens with zero attached hydrogens (tertiary/aromatic N) is 1. The molecule has 15 heavy (non-hydrogen) atoms. The van der Waals surface area contributed by atoms with Crippen molar-refractivity contribution >= 4 is 5.78 Å². The molecule has 0 bridgehead atoms. The van der Waals surface area contributed by atoms with Crippen LogP contribution in [0.4, 0.5) is 0 Å². The number of Topliss-reactive ketones (excluding diaryl/α,β-unsaturated/α-hetero) is 1. The largest absolute Gasteiger partial charge is 0.370 e. The summed E-state index contributed by atoms with van der Waals surface area (Å²) >= 11 is 0. The number of likely N-dealkylation sites (tertiary alicyclic amines) is 1. The molecule has 0 amide bonds. The molecule has 0 aliphatic carbocycles. The van der Waals surface area contributed by atoms with Crippen molar-refractivity contribution in [2.75, 3.05) is 20.2 Å². The van der Waals surface area contributed by atoms with Gasteiger partial charge < -0.3 is 4.74 Å². The van der Waals surface area contributed by atoms with Gasteiger partial charge in [-0.2, -0.15) is 0 Å². The van der Waals surface area contributed by atoms with Crippen molar-refractivity contribution in [3.05, 3.63) is 0 Å². The maximum atomic E-state index is 12.4. The van der Waals surface area contributed by atoms with E-state index in [1.165, 1.54) is 0 Å². The van der Waals surface area contributed by atoms with Crippen LogP contribution in [0.25, 0.3) is 0 Å². The fraction of sp³-hybridized carbons (Fsp3) is 0.917. The standard InChI is InChI=1S/C12H21NO2/c1-12(7-5-8-13(12)2)11(14)10-6-3-4-9-15-10/h10H,3-9H2,1-2H3. The second-order valence-electron chi connectivity index (χ2n) is 5.02. The Kier molecular flexibility index (Phi) is 3.12. The average molecular weight is 211 g/mol. The van der Waals surface area contributed by atoms with Crippen molar-refractivity contribution in [2.24, 2.45) is 0 Å². The molecule has 2 rings (SSSR count). The van der Waals surface area contributed by atoms with Gasteiger partial charge in [0.2, 0.25) is 0 Å². The Balaban J connectivity index is 2.05. The van der Waals surface area contributed by atoms with Crippen LogP contribution in [-0.4, -0.2) is 42.5 Å². The molecular formula is C12H21NO2. The highest BCUT2D eigenvalue weighted by Crippen LogP contribution is 2.31. The first-order chi connectivity index (χ1) is 7.14. The fourth-order valence-corrected chi connectivity index (χ4v) is 2.70. The molecule has 0 spiro atoms. The lowest BCUT2D eigenvalue weighted by Crippen LogP contribution is -2.51. The van der Waals surface area contributed by atoms with Crippen LogP contribution in [0.15, 0.2) is 0 Å². The Morgan fingerprint density at radius 1 is 1.40 bits per heavy atom. The summed E-state index contributed by atoms with van der Waals surface area (Å²) in [6.45, 7) is 3.87. The molecule has 3 heteroatoms. The van der Waals surface area contributed by atoms with Crippen molar-refractivity contribution in [3.63, 3.8) is 0 Å². The minimum Gasteiger partial charge on any atom is -0.370 e. The van der Waals surface area contributed by atoms with Gasteiger partial charge in [-0.25, -0.2) is 0 Å². The van der Waals surface area contributed by atoms with Crippen molar-refractivity contribution < 1.29 is 9.53 Å². The van der Waals surface area contributed by atoms with Gasteiger partial charge in [-0.05, 0) is 52.6 Å². The number of ether oxygens (including phenoxy) is 1. The van der Waals surface area contributed by atoms with Crippen LogP contribution in [0, 0.1) is 0 Å². The van der Waals surface area contributed by atoms with Crippen LogP contribution in [0.2, 0.25) is 0 Å². The van der Waals surface area contributed by atoms with Gasteiger partial charge in [-0.15, -0.1) is 0 Å². The number of hydrogen-bond acceptors (Lipinski definition) is 3. The molecule has 2 fully saturated rings. The Morgan fingerprint density at radius 3 is 2.73 bits per heavy atom. The van der Waals surface area contributed by atoms with E-state index in [0.29, 0.717) is 5.78 Å². The van der Waals surface area contributed by atoms with Gasteiger partial charge in [0.15, 0.2) is 5.78 Å². The summed E-state index contributed by atoms with van der Waals surface area (Å²) in [5.41, 5.74) is -0.262. The van der Waals surface area contributed by atoms with Crippen LogP contribution in [-0.2, 0) is 9.53 Å². The molecule has 0 saturated carbocycles. The summed E-state index contributed by atoms with van der Waals surface area (Å²) in [4.78, 5) is 14.6. The number of likely N-dealkylation sites (N-methyl/N-ethyl adjacent to an activating group) is 1. The Hall–Kier alpha value is -0.410. The lowest BCUT2D eigenvalue weighted by atomic mass is 9.87. The van der Waals surface area contributed by atoms with Crippen molar-refractivity contribution in [1.29, 1.82) is 0 Å². The van der Waals surface area contributed by atoms with Crippen LogP contribution < -0.4 is 0 Å². The smallest absolute Gasteiger partial charge is 0.181 e. The van der Waals surface area contributed by atoms with Crippen LogP contribution in [0.1, 0.15) is 39.0 Å². The molecule has 0 radical (unpaired) electrons. The minimum absolute atomic E-state index is 0.135. The van der Waals surface area contributed by atoms with E-state index in [4.69, 9.17) is 4.74 Å². The summed E-state index contributed by atoms with van der Waals surface area (Å²) in [5, 5.41) is 0. The molecule has 86 valence electrons. The normalized spacial score (nSPS) is 38.1. The first-order valence-corrected chi connectivity index (χ1v) is 6.02. The third kappa shape index (κ3) is 1.95. The molecule has 0 N–H and O–H groups in total. The maximum Gasteiger partial charge on any atom is 0.181 e. The number of ketones is 1. The molecule has 2 unspecified atom stereocenters. The molecule has 2 saturated heterocycles. The Bertz CT molecular complexity index is 248. The van der Waals surface area contributed by atoms with Crippen LogP contribution in [0.3, 0.4) is 0 Å². The van der Waals surface area contributed by atoms with Gasteiger partial charge in [0.05, 0.1) is 5.54 Å². The molecule has 0 aromatic carbocycles. The SMILES string of the molecule is CN1CCCC1(C)C(=O)C1CCCCO1. The number of carbonyl (C=O) groups is 1. The van der Waals surface area contributed by atoms with Crippen LogP contribution in [0.5, 0.6) is 0 Å². The van der Waals surface area contributed by atoms with E-state index in [1.807, 2.05) is 7.05 Å². The van der Waals surface area contributed by atoms with E-state index in [1.54, 1.807) is 0 Å².